The Morgan fingerprint density at radius 3 is 1.96 bits per heavy atom. The highest BCUT2D eigenvalue weighted by Crippen LogP contribution is 2.27. The van der Waals surface area contributed by atoms with Crippen molar-refractivity contribution in [3.05, 3.63) is 154 Å². The van der Waals surface area contributed by atoms with Crippen LogP contribution in [-0.4, -0.2) is 24.9 Å². The molecule has 272 valence electrons. The molecule has 0 spiro atoms. The van der Waals surface area contributed by atoms with Crippen LogP contribution in [0.25, 0.3) is 0 Å². The van der Waals surface area contributed by atoms with E-state index in [1.165, 1.54) is 34.9 Å². The second-order valence-corrected chi connectivity index (χ2v) is 12.9. The Balaban J connectivity index is 0.000000234. The minimum atomic E-state index is -0.797. The minimum absolute atomic E-state index is 0.146. The smallest absolute Gasteiger partial charge is 0.265 e. The lowest BCUT2D eigenvalue weighted by Crippen LogP contribution is -2.16. The number of carbonyl (C=O) groups excluding carboxylic acids is 2. The number of benzene rings is 5. The van der Waals surface area contributed by atoms with Crippen LogP contribution in [0.1, 0.15) is 63.2 Å². The Morgan fingerprint density at radius 2 is 1.35 bits per heavy atom. The SMILES string of the molecule is Cc1cc(CNCCC(C)C)ccc1Oc1ccc(C(N)=O)c(F)c1.O=C(NCl)c1ccc(Oc2ccc(CNCCc3ccccc3)cc2)cc1. The molecule has 0 heterocycles. The lowest BCUT2D eigenvalue weighted by atomic mass is 10.1. The summed E-state index contributed by atoms with van der Waals surface area (Å²) in [4.78, 5) is 24.6. The standard InChI is InChI=1S/C22H21ClN2O2.C20H25FN2O2/c23-25-22(26)19-8-12-21(13-9-19)27-20-10-6-18(7-11-20)16-24-15-14-17-4-2-1-3-5-17;1-13(2)8-9-23-12-15-4-7-19(14(3)10-15)25-16-5-6-17(20(22)24)18(21)11-16/h1-13,24H,14-16H2,(H,25,26);4-7,10-11,13,23H,8-9,12H2,1-3H3,(H2,22,24). The zero-order valence-electron chi connectivity index (χ0n) is 29.8. The summed E-state index contributed by atoms with van der Waals surface area (Å²) in [5, 5.41) is 6.87. The molecule has 5 rings (SSSR count). The van der Waals surface area contributed by atoms with Crippen molar-refractivity contribution < 1.29 is 23.5 Å². The third-order valence-electron chi connectivity index (χ3n) is 8.02. The monoisotopic (exact) mass is 724 g/mol. The summed E-state index contributed by atoms with van der Waals surface area (Å²) in [5.74, 6) is 1.25. The molecule has 8 nitrogen and oxygen atoms in total. The molecule has 0 radical (unpaired) electrons. The molecule has 5 aromatic rings. The molecule has 0 unspecified atom stereocenters. The zero-order chi connectivity index (χ0) is 37.3. The molecule has 0 saturated heterocycles. The van der Waals surface area contributed by atoms with Gasteiger partial charge in [-0.05, 0) is 116 Å². The molecule has 10 heteroatoms. The van der Waals surface area contributed by atoms with E-state index in [2.05, 4.69) is 53.6 Å². The number of hydrogen-bond donors (Lipinski definition) is 4. The second-order valence-electron chi connectivity index (χ2n) is 12.7. The van der Waals surface area contributed by atoms with E-state index in [1.54, 1.807) is 24.3 Å². The molecule has 0 aromatic heterocycles. The Labute approximate surface area is 310 Å². The Morgan fingerprint density at radius 1 is 0.731 bits per heavy atom. The fourth-order valence-electron chi connectivity index (χ4n) is 5.10. The van der Waals surface area contributed by atoms with Crippen molar-refractivity contribution >= 4 is 23.6 Å². The summed E-state index contributed by atoms with van der Waals surface area (Å²) in [5.41, 5.74) is 10.1. The van der Waals surface area contributed by atoms with E-state index in [0.717, 1.165) is 50.3 Å². The average Bonchev–Trinajstić information content (AvgIpc) is 3.14. The number of halogens is 2. The summed E-state index contributed by atoms with van der Waals surface area (Å²) in [6.45, 7) is 9.89. The van der Waals surface area contributed by atoms with Gasteiger partial charge in [0.1, 0.15) is 28.8 Å². The third-order valence-corrected chi connectivity index (χ3v) is 8.20. The highest BCUT2D eigenvalue weighted by molar-refractivity contribution is 6.24. The van der Waals surface area contributed by atoms with Crippen LogP contribution in [0.15, 0.2) is 115 Å². The number of aryl methyl sites for hydroxylation is 1. The number of nitrogens with one attached hydrogen (secondary N) is 3. The first kappa shape index (κ1) is 39.6. The van der Waals surface area contributed by atoms with Crippen LogP contribution in [0.5, 0.6) is 23.0 Å². The van der Waals surface area contributed by atoms with E-state index < -0.39 is 11.7 Å². The van der Waals surface area contributed by atoms with E-state index in [0.29, 0.717) is 28.7 Å². The Hall–Kier alpha value is -5.22. The van der Waals surface area contributed by atoms with Gasteiger partial charge in [0.15, 0.2) is 0 Å². The molecule has 5 N–H and O–H groups in total. The molecule has 52 heavy (non-hydrogen) atoms. The number of rotatable bonds is 16. The molecule has 0 aliphatic carbocycles. The van der Waals surface area contributed by atoms with Gasteiger partial charge in [-0.2, -0.15) is 0 Å². The second kappa shape index (κ2) is 20.6. The van der Waals surface area contributed by atoms with Crippen LogP contribution in [0.2, 0.25) is 0 Å². The molecular formula is C42H46ClFN4O4. The third kappa shape index (κ3) is 13.2. The van der Waals surface area contributed by atoms with Gasteiger partial charge in [-0.1, -0.05) is 68.4 Å². The van der Waals surface area contributed by atoms with Crippen molar-refractivity contribution in [2.24, 2.45) is 11.7 Å². The number of hydrogen-bond acceptors (Lipinski definition) is 6. The van der Waals surface area contributed by atoms with Gasteiger partial charge in [-0.15, -0.1) is 0 Å². The molecule has 0 fully saturated rings. The lowest BCUT2D eigenvalue weighted by Gasteiger charge is -2.12. The predicted octanol–water partition coefficient (Wildman–Crippen LogP) is 8.86. The van der Waals surface area contributed by atoms with Crippen molar-refractivity contribution in [3.8, 4) is 23.0 Å². The van der Waals surface area contributed by atoms with Crippen molar-refractivity contribution in [2.75, 3.05) is 13.1 Å². The highest BCUT2D eigenvalue weighted by Gasteiger charge is 2.11. The summed E-state index contributed by atoms with van der Waals surface area (Å²) in [7, 11) is 0. The molecule has 0 atom stereocenters. The first-order chi connectivity index (χ1) is 25.1. The zero-order valence-corrected chi connectivity index (χ0v) is 30.5. The van der Waals surface area contributed by atoms with Gasteiger partial charge in [0.05, 0.1) is 5.56 Å². The van der Waals surface area contributed by atoms with E-state index in [-0.39, 0.29) is 11.5 Å². The summed E-state index contributed by atoms with van der Waals surface area (Å²) in [6, 6.07) is 35.1. The number of carbonyl (C=O) groups is 2. The van der Waals surface area contributed by atoms with Gasteiger partial charge in [0.25, 0.3) is 11.8 Å². The number of ether oxygens (including phenoxy) is 2. The summed E-state index contributed by atoms with van der Waals surface area (Å²) < 4.78 is 25.3. The molecule has 0 aliphatic rings. The van der Waals surface area contributed by atoms with E-state index >= 15 is 0 Å². The molecular weight excluding hydrogens is 679 g/mol. The van der Waals surface area contributed by atoms with Gasteiger partial charge in [0, 0.05) is 36.5 Å². The van der Waals surface area contributed by atoms with E-state index in [4.69, 9.17) is 27.0 Å². The van der Waals surface area contributed by atoms with Crippen molar-refractivity contribution in [1.29, 1.82) is 0 Å². The summed E-state index contributed by atoms with van der Waals surface area (Å²) in [6.07, 6.45) is 2.16. The van der Waals surface area contributed by atoms with Crippen LogP contribution in [0.4, 0.5) is 4.39 Å². The number of nitrogens with two attached hydrogens (primary N) is 1. The average molecular weight is 725 g/mol. The maximum absolute atomic E-state index is 13.8. The predicted molar refractivity (Wildman–Crippen MR) is 205 cm³/mol. The van der Waals surface area contributed by atoms with Gasteiger partial charge >= 0.3 is 0 Å². The minimum Gasteiger partial charge on any atom is -0.457 e. The van der Waals surface area contributed by atoms with Crippen molar-refractivity contribution in [2.45, 2.75) is 46.7 Å². The fraction of sp³-hybridized carbons (Fsp3) is 0.238. The summed E-state index contributed by atoms with van der Waals surface area (Å²) >= 11 is 5.31. The first-order valence-corrected chi connectivity index (χ1v) is 17.6. The molecule has 2 amide bonds. The molecule has 0 aliphatic heterocycles. The van der Waals surface area contributed by atoms with Crippen LogP contribution < -0.4 is 30.7 Å². The van der Waals surface area contributed by atoms with Gasteiger partial charge in [-0.25, -0.2) is 4.39 Å². The number of amides is 2. The molecule has 5 aromatic carbocycles. The topological polar surface area (TPSA) is 115 Å². The van der Waals surface area contributed by atoms with Gasteiger partial charge in [0.2, 0.25) is 0 Å². The molecule has 0 bridgehead atoms. The van der Waals surface area contributed by atoms with E-state index in [9.17, 15) is 14.0 Å². The normalized spacial score (nSPS) is 10.7. The molecule has 0 saturated carbocycles. The largest absolute Gasteiger partial charge is 0.457 e. The van der Waals surface area contributed by atoms with Crippen LogP contribution >= 0.6 is 11.8 Å². The fourth-order valence-corrected chi connectivity index (χ4v) is 5.21. The van der Waals surface area contributed by atoms with Crippen LogP contribution in [0.3, 0.4) is 0 Å². The van der Waals surface area contributed by atoms with Crippen LogP contribution in [-0.2, 0) is 19.5 Å². The van der Waals surface area contributed by atoms with Crippen LogP contribution in [0, 0.1) is 18.7 Å². The number of primary amides is 1. The maximum Gasteiger partial charge on any atom is 0.265 e. The van der Waals surface area contributed by atoms with Crippen molar-refractivity contribution in [1.82, 2.24) is 15.5 Å². The lowest BCUT2D eigenvalue weighted by molar-refractivity contribution is 0.0978. The quantitative estimate of drug-likeness (QED) is 0.0597. The van der Waals surface area contributed by atoms with Gasteiger partial charge in [-0.3, -0.25) is 14.4 Å². The maximum atomic E-state index is 13.8. The van der Waals surface area contributed by atoms with E-state index in [1.807, 2.05) is 55.5 Å². The van der Waals surface area contributed by atoms with Crippen molar-refractivity contribution in [3.63, 3.8) is 0 Å². The Kier molecular flexibility index (Phi) is 15.7. The Bertz CT molecular complexity index is 1870. The highest BCUT2D eigenvalue weighted by atomic mass is 35.5. The van der Waals surface area contributed by atoms with Gasteiger partial charge < -0.3 is 25.8 Å². The first-order valence-electron chi connectivity index (χ1n) is 17.2.